The second-order valence-electron chi connectivity index (χ2n) is 4.58. The predicted molar refractivity (Wildman–Crippen MR) is 73.0 cm³/mol. The van der Waals surface area contributed by atoms with Crippen LogP contribution in [-0.4, -0.2) is 12.2 Å². The molecule has 20 heavy (non-hydrogen) atoms. The van der Waals surface area contributed by atoms with Crippen LogP contribution in [0.4, 0.5) is 8.78 Å². The molecule has 0 aliphatic heterocycles. The van der Waals surface area contributed by atoms with E-state index in [0.717, 1.165) is 18.2 Å². The van der Waals surface area contributed by atoms with Crippen molar-refractivity contribution in [3.8, 4) is 5.75 Å². The van der Waals surface area contributed by atoms with E-state index in [-0.39, 0.29) is 5.56 Å². The van der Waals surface area contributed by atoms with Gasteiger partial charge >= 0.3 is 0 Å². The van der Waals surface area contributed by atoms with Crippen LogP contribution in [0.15, 0.2) is 36.4 Å². The van der Waals surface area contributed by atoms with E-state index in [1.807, 2.05) is 0 Å². The summed E-state index contributed by atoms with van der Waals surface area (Å²) in [4.78, 5) is 0. The van der Waals surface area contributed by atoms with Crippen LogP contribution in [0, 0.1) is 11.6 Å². The lowest BCUT2D eigenvalue weighted by Crippen LogP contribution is -2.23. The summed E-state index contributed by atoms with van der Waals surface area (Å²) in [6.45, 7) is 1.45. The van der Waals surface area contributed by atoms with Gasteiger partial charge in [-0.05, 0) is 42.3 Å². The lowest BCUT2D eigenvalue weighted by molar-refractivity contribution is 0.101. The Bertz CT molecular complexity index is 622. The molecule has 0 aromatic heterocycles. The van der Waals surface area contributed by atoms with E-state index in [4.69, 9.17) is 16.3 Å². The molecule has 0 aliphatic carbocycles. The number of benzene rings is 2. The Morgan fingerprint density at radius 3 is 2.20 bits per heavy atom. The maximum atomic E-state index is 13.3. The van der Waals surface area contributed by atoms with E-state index in [1.165, 1.54) is 20.1 Å². The summed E-state index contributed by atoms with van der Waals surface area (Å²) in [7, 11) is 1.45. The van der Waals surface area contributed by atoms with Crippen molar-refractivity contribution < 1.29 is 18.6 Å². The monoisotopic (exact) mass is 298 g/mol. The number of hydrogen-bond acceptors (Lipinski definition) is 2. The van der Waals surface area contributed by atoms with Crippen molar-refractivity contribution >= 4 is 11.6 Å². The predicted octanol–water partition coefficient (Wildman–Crippen LogP) is 3.88. The molecule has 1 atom stereocenters. The summed E-state index contributed by atoms with van der Waals surface area (Å²) >= 11 is 5.92. The molecular weight excluding hydrogens is 286 g/mol. The van der Waals surface area contributed by atoms with Gasteiger partial charge in [0.15, 0.2) is 0 Å². The smallest absolute Gasteiger partial charge is 0.137 e. The van der Waals surface area contributed by atoms with Crippen molar-refractivity contribution in [1.29, 1.82) is 0 Å². The molecule has 5 heteroatoms. The van der Waals surface area contributed by atoms with E-state index in [9.17, 15) is 13.9 Å². The van der Waals surface area contributed by atoms with Crippen molar-refractivity contribution in [2.45, 2.75) is 12.5 Å². The van der Waals surface area contributed by atoms with Crippen LogP contribution in [0.1, 0.15) is 18.1 Å². The van der Waals surface area contributed by atoms with Crippen LogP contribution < -0.4 is 4.74 Å². The van der Waals surface area contributed by atoms with Crippen LogP contribution in [0.2, 0.25) is 5.02 Å². The minimum Gasteiger partial charge on any atom is -0.495 e. The van der Waals surface area contributed by atoms with Crippen LogP contribution in [0.5, 0.6) is 5.75 Å². The summed E-state index contributed by atoms with van der Waals surface area (Å²) in [6, 6.07) is 7.59. The van der Waals surface area contributed by atoms with E-state index < -0.39 is 17.2 Å². The van der Waals surface area contributed by atoms with Gasteiger partial charge in [-0.3, -0.25) is 0 Å². The van der Waals surface area contributed by atoms with Crippen molar-refractivity contribution in [2.24, 2.45) is 0 Å². The standard InChI is InChI=1S/C15H13ClF2O2/c1-15(19,10-5-11(17)8-12(18)6-10)9-3-4-13(16)14(7-9)20-2/h3-8,19H,1-2H3. The molecule has 1 N–H and O–H groups in total. The van der Waals surface area contributed by atoms with Gasteiger partial charge in [0.25, 0.3) is 0 Å². The highest BCUT2D eigenvalue weighted by atomic mass is 35.5. The second-order valence-corrected chi connectivity index (χ2v) is 4.99. The SMILES string of the molecule is COc1cc(C(C)(O)c2cc(F)cc(F)c2)ccc1Cl. The minimum atomic E-state index is -1.57. The Kier molecular flexibility index (Phi) is 3.97. The zero-order valence-corrected chi connectivity index (χ0v) is 11.7. The number of rotatable bonds is 3. The summed E-state index contributed by atoms with van der Waals surface area (Å²) in [5.41, 5.74) is -1.04. The zero-order chi connectivity index (χ0) is 14.9. The van der Waals surface area contributed by atoms with Crippen molar-refractivity contribution in [2.75, 3.05) is 7.11 Å². The molecular formula is C15H13ClF2O2. The van der Waals surface area contributed by atoms with Gasteiger partial charge in [0, 0.05) is 6.07 Å². The van der Waals surface area contributed by atoms with Crippen LogP contribution >= 0.6 is 11.6 Å². The second kappa shape index (κ2) is 5.38. The van der Waals surface area contributed by atoms with Gasteiger partial charge in [0.1, 0.15) is 23.0 Å². The number of hydrogen-bond donors (Lipinski definition) is 1. The van der Waals surface area contributed by atoms with Gasteiger partial charge in [0.05, 0.1) is 12.1 Å². The molecule has 0 amide bonds. The van der Waals surface area contributed by atoms with Gasteiger partial charge < -0.3 is 9.84 Å². The average Bonchev–Trinajstić information content (AvgIpc) is 2.37. The normalized spacial score (nSPS) is 13.9. The Hall–Kier alpha value is -1.65. The summed E-state index contributed by atoms with van der Waals surface area (Å²) in [5, 5.41) is 11.0. The molecule has 2 aromatic carbocycles. The first kappa shape index (κ1) is 14.8. The summed E-state index contributed by atoms with van der Waals surface area (Å²) < 4.78 is 31.6. The fourth-order valence-corrected chi connectivity index (χ4v) is 2.16. The Morgan fingerprint density at radius 2 is 1.65 bits per heavy atom. The van der Waals surface area contributed by atoms with E-state index in [2.05, 4.69) is 0 Å². The molecule has 106 valence electrons. The number of aliphatic hydroxyl groups is 1. The van der Waals surface area contributed by atoms with Crippen LogP contribution in [-0.2, 0) is 5.60 Å². The first-order chi connectivity index (χ1) is 9.34. The molecule has 0 saturated carbocycles. The molecule has 2 aromatic rings. The van der Waals surface area contributed by atoms with Crippen molar-refractivity contribution in [3.05, 3.63) is 64.2 Å². The molecule has 0 radical (unpaired) electrons. The van der Waals surface area contributed by atoms with E-state index in [0.29, 0.717) is 16.3 Å². The number of halogens is 3. The van der Waals surface area contributed by atoms with Gasteiger partial charge in [-0.1, -0.05) is 17.7 Å². The minimum absolute atomic E-state index is 0.111. The Labute approximate surface area is 120 Å². The molecule has 0 bridgehead atoms. The maximum absolute atomic E-state index is 13.3. The topological polar surface area (TPSA) is 29.5 Å². The quantitative estimate of drug-likeness (QED) is 0.932. The van der Waals surface area contributed by atoms with E-state index in [1.54, 1.807) is 12.1 Å². The molecule has 0 aliphatic rings. The maximum Gasteiger partial charge on any atom is 0.137 e. The van der Waals surface area contributed by atoms with Gasteiger partial charge in [-0.2, -0.15) is 0 Å². The first-order valence-electron chi connectivity index (χ1n) is 5.87. The third-order valence-electron chi connectivity index (χ3n) is 3.14. The molecule has 0 fully saturated rings. The molecule has 1 unspecified atom stereocenters. The van der Waals surface area contributed by atoms with Crippen molar-refractivity contribution in [1.82, 2.24) is 0 Å². The fraction of sp³-hybridized carbons (Fsp3) is 0.200. The largest absolute Gasteiger partial charge is 0.495 e. The third-order valence-corrected chi connectivity index (χ3v) is 3.45. The Morgan fingerprint density at radius 1 is 1.05 bits per heavy atom. The van der Waals surface area contributed by atoms with Gasteiger partial charge in [-0.15, -0.1) is 0 Å². The van der Waals surface area contributed by atoms with Gasteiger partial charge in [0.2, 0.25) is 0 Å². The number of ether oxygens (including phenoxy) is 1. The lowest BCUT2D eigenvalue weighted by atomic mass is 9.88. The highest BCUT2D eigenvalue weighted by Gasteiger charge is 2.27. The third kappa shape index (κ3) is 2.76. The highest BCUT2D eigenvalue weighted by molar-refractivity contribution is 6.32. The molecule has 2 rings (SSSR count). The molecule has 0 heterocycles. The zero-order valence-electron chi connectivity index (χ0n) is 11.0. The number of methoxy groups -OCH3 is 1. The molecule has 2 nitrogen and oxygen atoms in total. The highest BCUT2D eigenvalue weighted by Crippen LogP contribution is 2.34. The first-order valence-corrected chi connectivity index (χ1v) is 6.25. The molecule has 0 spiro atoms. The summed E-state index contributed by atoms with van der Waals surface area (Å²) in [5.74, 6) is -1.12. The van der Waals surface area contributed by atoms with Gasteiger partial charge in [-0.25, -0.2) is 8.78 Å². The van der Waals surface area contributed by atoms with Crippen LogP contribution in [0.25, 0.3) is 0 Å². The summed E-state index contributed by atoms with van der Waals surface area (Å²) in [6.07, 6.45) is 0. The fourth-order valence-electron chi connectivity index (χ4n) is 1.96. The lowest BCUT2D eigenvalue weighted by Gasteiger charge is -2.25. The van der Waals surface area contributed by atoms with E-state index >= 15 is 0 Å². The Balaban J connectivity index is 2.53. The van der Waals surface area contributed by atoms with Crippen LogP contribution in [0.3, 0.4) is 0 Å². The average molecular weight is 299 g/mol. The van der Waals surface area contributed by atoms with Crippen molar-refractivity contribution in [3.63, 3.8) is 0 Å². The molecule has 0 saturated heterocycles.